The Morgan fingerprint density at radius 2 is 1.85 bits per heavy atom. The standard InChI is InChI=1S/C22H24N2O3/c1-22(2)13-16(11-17(25)14-22)23-20-10-5-4-9-19(20)21(26)24-15-7-6-8-18(12-15)27-3/h4-12,23H,13-14H2,1-3H3,(H,24,26). The van der Waals surface area contributed by atoms with Crippen LogP contribution in [0.3, 0.4) is 0 Å². The maximum atomic E-state index is 12.8. The number of para-hydroxylation sites is 1. The number of hydrogen-bond acceptors (Lipinski definition) is 4. The summed E-state index contributed by atoms with van der Waals surface area (Å²) in [6.45, 7) is 4.14. The number of anilines is 2. The van der Waals surface area contributed by atoms with Crippen LogP contribution in [0, 0.1) is 5.41 Å². The summed E-state index contributed by atoms with van der Waals surface area (Å²) in [6, 6.07) is 14.5. The fourth-order valence-corrected chi connectivity index (χ4v) is 3.29. The van der Waals surface area contributed by atoms with E-state index in [1.807, 2.05) is 30.3 Å². The van der Waals surface area contributed by atoms with E-state index in [0.717, 1.165) is 12.1 Å². The summed E-state index contributed by atoms with van der Waals surface area (Å²) < 4.78 is 5.19. The molecule has 27 heavy (non-hydrogen) atoms. The van der Waals surface area contributed by atoms with Gasteiger partial charge in [-0.3, -0.25) is 9.59 Å². The summed E-state index contributed by atoms with van der Waals surface area (Å²) in [7, 11) is 1.58. The number of ketones is 1. The molecule has 1 aliphatic carbocycles. The first-order chi connectivity index (χ1) is 12.9. The predicted molar refractivity (Wildman–Crippen MR) is 107 cm³/mol. The third-order valence-electron chi connectivity index (χ3n) is 4.45. The molecule has 0 aromatic heterocycles. The molecule has 0 atom stereocenters. The fourth-order valence-electron chi connectivity index (χ4n) is 3.29. The minimum atomic E-state index is -0.228. The normalized spacial score (nSPS) is 15.7. The Kier molecular flexibility index (Phi) is 5.31. The molecule has 0 aliphatic heterocycles. The predicted octanol–water partition coefficient (Wildman–Crippen LogP) is 4.63. The van der Waals surface area contributed by atoms with Gasteiger partial charge < -0.3 is 15.4 Å². The molecule has 5 heteroatoms. The Hall–Kier alpha value is -3.08. The van der Waals surface area contributed by atoms with Crippen molar-refractivity contribution >= 4 is 23.1 Å². The van der Waals surface area contributed by atoms with E-state index in [4.69, 9.17) is 4.74 Å². The van der Waals surface area contributed by atoms with Crippen LogP contribution in [0.25, 0.3) is 0 Å². The van der Waals surface area contributed by atoms with Crippen molar-refractivity contribution in [3.63, 3.8) is 0 Å². The molecular formula is C22H24N2O3. The maximum absolute atomic E-state index is 12.8. The van der Waals surface area contributed by atoms with E-state index >= 15 is 0 Å². The number of benzene rings is 2. The number of nitrogens with one attached hydrogen (secondary N) is 2. The number of amides is 1. The first-order valence-corrected chi connectivity index (χ1v) is 8.91. The van der Waals surface area contributed by atoms with E-state index in [1.165, 1.54) is 0 Å². The molecule has 0 unspecified atom stereocenters. The monoisotopic (exact) mass is 364 g/mol. The van der Waals surface area contributed by atoms with Gasteiger partial charge in [0, 0.05) is 29.9 Å². The van der Waals surface area contributed by atoms with Crippen molar-refractivity contribution in [3.8, 4) is 5.75 Å². The molecule has 0 heterocycles. The summed E-state index contributed by atoms with van der Waals surface area (Å²) in [6.07, 6.45) is 2.93. The van der Waals surface area contributed by atoms with Crippen molar-refractivity contribution in [1.82, 2.24) is 0 Å². The minimum Gasteiger partial charge on any atom is -0.497 e. The molecule has 2 aromatic carbocycles. The van der Waals surface area contributed by atoms with E-state index in [1.54, 1.807) is 31.4 Å². The molecule has 0 saturated carbocycles. The van der Waals surface area contributed by atoms with Crippen molar-refractivity contribution in [2.45, 2.75) is 26.7 Å². The molecule has 2 N–H and O–H groups in total. The Balaban J connectivity index is 1.81. The molecule has 1 amide bonds. The molecule has 2 aromatic rings. The van der Waals surface area contributed by atoms with Gasteiger partial charge in [0.2, 0.25) is 0 Å². The number of carbonyl (C=O) groups is 2. The van der Waals surface area contributed by atoms with Crippen molar-refractivity contribution < 1.29 is 14.3 Å². The van der Waals surface area contributed by atoms with Crippen LogP contribution in [-0.4, -0.2) is 18.8 Å². The van der Waals surface area contributed by atoms with Crippen LogP contribution in [0.2, 0.25) is 0 Å². The molecule has 0 radical (unpaired) electrons. The second kappa shape index (κ2) is 7.66. The molecule has 0 spiro atoms. The Morgan fingerprint density at radius 1 is 1.07 bits per heavy atom. The zero-order chi connectivity index (χ0) is 19.4. The first-order valence-electron chi connectivity index (χ1n) is 8.91. The van der Waals surface area contributed by atoms with Gasteiger partial charge in [-0.05, 0) is 36.1 Å². The van der Waals surface area contributed by atoms with Crippen LogP contribution < -0.4 is 15.4 Å². The van der Waals surface area contributed by atoms with Gasteiger partial charge in [-0.15, -0.1) is 0 Å². The molecule has 0 bridgehead atoms. The molecule has 3 rings (SSSR count). The Bertz CT molecular complexity index is 900. The smallest absolute Gasteiger partial charge is 0.257 e. The van der Waals surface area contributed by atoms with Gasteiger partial charge in [0.1, 0.15) is 5.75 Å². The van der Waals surface area contributed by atoms with Gasteiger partial charge >= 0.3 is 0 Å². The second-order valence-corrected chi connectivity index (χ2v) is 7.51. The largest absolute Gasteiger partial charge is 0.497 e. The van der Waals surface area contributed by atoms with Gasteiger partial charge in [0.15, 0.2) is 5.78 Å². The number of ether oxygens (including phenoxy) is 1. The lowest BCUT2D eigenvalue weighted by atomic mass is 9.79. The topological polar surface area (TPSA) is 67.4 Å². The molecular weight excluding hydrogens is 340 g/mol. The van der Waals surface area contributed by atoms with E-state index in [2.05, 4.69) is 24.5 Å². The van der Waals surface area contributed by atoms with Crippen LogP contribution in [0.5, 0.6) is 5.75 Å². The van der Waals surface area contributed by atoms with Crippen LogP contribution in [0.15, 0.2) is 60.3 Å². The van der Waals surface area contributed by atoms with Crippen LogP contribution >= 0.6 is 0 Å². The summed E-state index contributed by atoms with van der Waals surface area (Å²) in [5.41, 5.74) is 2.58. The highest BCUT2D eigenvalue weighted by molar-refractivity contribution is 6.08. The molecule has 0 saturated heterocycles. The number of allylic oxidation sites excluding steroid dienone is 2. The molecule has 1 aliphatic rings. The number of methoxy groups -OCH3 is 1. The van der Waals surface area contributed by atoms with Crippen molar-refractivity contribution in [1.29, 1.82) is 0 Å². The zero-order valence-corrected chi connectivity index (χ0v) is 15.8. The summed E-state index contributed by atoms with van der Waals surface area (Å²) in [5, 5.41) is 6.17. The third-order valence-corrected chi connectivity index (χ3v) is 4.45. The van der Waals surface area contributed by atoms with Gasteiger partial charge in [-0.2, -0.15) is 0 Å². The highest BCUT2D eigenvalue weighted by Gasteiger charge is 2.28. The summed E-state index contributed by atoms with van der Waals surface area (Å²) in [5.74, 6) is 0.549. The van der Waals surface area contributed by atoms with Gasteiger partial charge in [-0.25, -0.2) is 0 Å². The van der Waals surface area contributed by atoms with E-state index < -0.39 is 0 Å². The third kappa shape index (κ3) is 4.76. The lowest BCUT2D eigenvalue weighted by Crippen LogP contribution is -2.25. The average Bonchev–Trinajstić information content (AvgIpc) is 2.60. The summed E-state index contributed by atoms with van der Waals surface area (Å²) >= 11 is 0. The van der Waals surface area contributed by atoms with Crippen LogP contribution in [-0.2, 0) is 4.79 Å². The SMILES string of the molecule is COc1cccc(NC(=O)c2ccccc2NC2=CC(=O)CC(C)(C)C2)c1. The van der Waals surface area contributed by atoms with E-state index in [0.29, 0.717) is 29.1 Å². The zero-order valence-electron chi connectivity index (χ0n) is 15.8. The maximum Gasteiger partial charge on any atom is 0.257 e. The van der Waals surface area contributed by atoms with E-state index in [9.17, 15) is 9.59 Å². The Morgan fingerprint density at radius 3 is 2.59 bits per heavy atom. The number of rotatable bonds is 5. The van der Waals surface area contributed by atoms with Crippen molar-refractivity contribution in [2.75, 3.05) is 17.7 Å². The average molecular weight is 364 g/mol. The summed E-state index contributed by atoms with van der Waals surface area (Å²) in [4.78, 5) is 24.8. The second-order valence-electron chi connectivity index (χ2n) is 7.51. The van der Waals surface area contributed by atoms with Crippen molar-refractivity contribution in [3.05, 3.63) is 65.9 Å². The first kappa shape index (κ1) is 18.7. The van der Waals surface area contributed by atoms with E-state index in [-0.39, 0.29) is 17.1 Å². The van der Waals surface area contributed by atoms with Crippen LogP contribution in [0.4, 0.5) is 11.4 Å². The minimum absolute atomic E-state index is 0.0913. The number of hydrogen-bond donors (Lipinski definition) is 2. The number of carbonyl (C=O) groups excluding carboxylic acids is 2. The van der Waals surface area contributed by atoms with Crippen molar-refractivity contribution in [2.24, 2.45) is 5.41 Å². The van der Waals surface area contributed by atoms with Gasteiger partial charge in [0.05, 0.1) is 18.4 Å². The molecule has 140 valence electrons. The molecule has 5 nitrogen and oxygen atoms in total. The fraction of sp³-hybridized carbons (Fsp3) is 0.273. The van der Waals surface area contributed by atoms with Gasteiger partial charge in [0.25, 0.3) is 5.91 Å². The highest BCUT2D eigenvalue weighted by atomic mass is 16.5. The lowest BCUT2D eigenvalue weighted by molar-refractivity contribution is -0.117. The highest BCUT2D eigenvalue weighted by Crippen LogP contribution is 2.34. The quantitative estimate of drug-likeness (QED) is 0.811. The lowest BCUT2D eigenvalue weighted by Gasteiger charge is -2.29. The van der Waals surface area contributed by atoms with Gasteiger partial charge in [-0.1, -0.05) is 32.0 Å². The molecule has 0 fully saturated rings. The van der Waals surface area contributed by atoms with Crippen LogP contribution in [0.1, 0.15) is 37.0 Å². The Labute approximate surface area is 159 Å².